The summed E-state index contributed by atoms with van der Waals surface area (Å²) in [6.45, 7) is 0. The van der Waals surface area contributed by atoms with Crippen LogP contribution in [0.1, 0.15) is 37.7 Å². The molecule has 0 N–H and O–H groups in total. The van der Waals surface area contributed by atoms with Gasteiger partial charge in [-0.05, 0) is 75.2 Å². The van der Waals surface area contributed by atoms with Crippen LogP contribution in [0.4, 0.5) is 0 Å². The Balaban J connectivity index is 2.14. The fraction of sp³-hybridized carbons (Fsp3) is 0.538. The minimum Gasteiger partial charge on any atom is -0.488 e. The lowest BCUT2D eigenvalue weighted by atomic mass is 9.98. The van der Waals surface area contributed by atoms with Crippen LogP contribution < -0.4 is 4.74 Å². The smallest absolute Gasteiger partial charge is 0.148 e. The maximum Gasteiger partial charge on any atom is 0.148 e. The van der Waals surface area contributed by atoms with Crippen LogP contribution in [-0.4, -0.2) is 6.10 Å². The second-order valence-corrected chi connectivity index (χ2v) is 6.38. The summed E-state index contributed by atoms with van der Waals surface area (Å²) in [7, 11) is 0. The fourth-order valence-electron chi connectivity index (χ4n) is 2.15. The molecule has 1 nitrogen and oxygen atoms in total. The first kappa shape index (κ1) is 13.7. The van der Waals surface area contributed by atoms with Crippen LogP contribution in [-0.2, 0) is 5.88 Å². The summed E-state index contributed by atoms with van der Waals surface area (Å²) < 4.78 is 8.04. The molecule has 0 spiro atoms. The van der Waals surface area contributed by atoms with E-state index in [9.17, 15) is 0 Å². The van der Waals surface area contributed by atoms with Crippen molar-refractivity contribution in [3.8, 4) is 5.75 Å². The highest BCUT2D eigenvalue weighted by atomic mass is 79.9. The molecule has 17 heavy (non-hydrogen) atoms. The highest BCUT2D eigenvalue weighted by Gasteiger charge is 2.18. The lowest BCUT2D eigenvalue weighted by molar-refractivity contribution is 0.153. The van der Waals surface area contributed by atoms with Crippen molar-refractivity contribution in [1.82, 2.24) is 0 Å². The van der Waals surface area contributed by atoms with E-state index in [4.69, 9.17) is 16.3 Å². The molecule has 0 atom stereocenters. The maximum absolute atomic E-state index is 6.08. The van der Waals surface area contributed by atoms with Crippen molar-refractivity contribution < 1.29 is 4.74 Å². The first-order chi connectivity index (χ1) is 8.20. The Bertz CT molecular complexity index is 366. The summed E-state index contributed by atoms with van der Waals surface area (Å²) in [6, 6.07) is 4.05. The van der Waals surface area contributed by atoms with Gasteiger partial charge in [-0.1, -0.05) is 6.42 Å². The van der Waals surface area contributed by atoms with Crippen LogP contribution in [0, 0.1) is 0 Å². The largest absolute Gasteiger partial charge is 0.488 e. The minimum absolute atomic E-state index is 0.359. The van der Waals surface area contributed by atoms with Crippen molar-refractivity contribution >= 4 is 43.5 Å². The Morgan fingerprint density at radius 3 is 2.24 bits per heavy atom. The SMILES string of the molecule is ClCc1cc(Br)c(OC2CCCCC2)c(Br)c1. The highest BCUT2D eigenvalue weighted by molar-refractivity contribution is 9.11. The van der Waals surface area contributed by atoms with Crippen molar-refractivity contribution in [2.75, 3.05) is 0 Å². The average Bonchev–Trinajstić information content (AvgIpc) is 2.35. The summed E-state index contributed by atoms with van der Waals surface area (Å²) in [4.78, 5) is 0. The van der Waals surface area contributed by atoms with Gasteiger partial charge in [0.25, 0.3) is 0 Å². The summed E-state index contributed by atoms with van der Waals surface area (Å²) in [6.07, 6.45) is 6.58. The number of halogens is 3. The number of hydrogen-bond donors (Lipinski definition) is 0. The molecule has 0 aromatic heterocycles. The predicted octanol–water partition coefficient (Wildman–Crippen LogP) is 5.66. The molecule has 0 heterocycles. The van der Waals surface area contributed by atoms with E-state index in [1.807, 2.05) is 12.1 Å². The molecular formula is C13H15Br2ClO. The molecule has 1 aromatic rings. The van der Waals surface area contributed by atoms with E-state index in [0.717, 1.165) is 33.1 Å². The van der Waals surface area contributed by atoms with Crippen LogP contribution in [0.15, 0.2) is 21.1 Å². The molecule has 1 aliphatic rings. The van der Waals surface area contributed by atoms with Gasteiger partial charge in [0, 0.05) is 5.88 Å². The van der Waals surface area contributed by atoms with Crippen molar-refractivity contribution in [2.24, 2.45) is 0 Å². The zero-order valence-electron chi connectivity index (χ0n) is 9.52. The van der Waals surface area contributed by atoms with Gasteiger partial charge in [0.1, 0.15) is 5.75 Å². The third kappa shape index (κ3) is 3.62. The number of hydrogen-bond acceptors (Lipinski definition) is 1. The minimum atomic E-state index is 0.359. The van der Waals surface area contributed by atoms with E-state index in [2.05, 4.69) is 31.9 Å². The van der Waals surface area contributed by atoms with Crippen molar-refractivity contribution in [2.45, 2.75) is 44.1 Å². The van der Waals surface area contributed by atoms with E-state index in [0.29, 0.717) is 12.0 Å². The molecule has 94 valence electrons. The second kappa shape index (κ2) is 6.44. The Morgan fingerprint density at radius 2 is 1.71 bits per heavy atom. The summed E-state index contributed by atoms with van der Waals surface area (Å²) >= 11 is 12.9. The van der Waals surface area contributed by atoms with Gasteiger partial charge in [0.05, 0.1) is 15.0 Å². The fourth-order valence-corrected chi connectivity index (χ4v) is 3.77. The van der Waals surface area contributed by atoms with E-state index in [-0.39, 0.29) is 0 Å². The van der Waals surface area contributed by atoms with Gasteiger partial charge in [0.15, 0.2) is 0 Å². The zero-order valence-corrected chi connectivity index (χ0v) is 13.4. The quantitative estimate of drug-likeness (QED) is 0.613. The first-order valence-corrected chi connectivity index (χ1v) is 8.03. The summed E-state index contributed by atoms with van der Waals surface area (Å²) in [5.74, 6) is 1.42. The molecule has 0 unspecified atom stereocenters. The molecular weight excluding hydrogens is 367 g/mol. The number of ether oxygens (including phenoxy) is 1. The molecule has 0 saturated heterocycles. The maximum atomic E-state index is 6.08. The van der Waals surface area contributed by atoms with Gasteiger partial charge in [-0.25, -0.2) is 0 Å². The zero-order chi connectivity index (χ0) is 12.3. The molecule has 1 saturated carbocycles. The number of alkyl halides is 1. The summed E-state index contributed by atoms with van der Waals surface area (Å²) in [5, 5.41) is 0. The number of rotatable bonds is 3. The van der Waals surface area contributed by atoms with Gasteiger partial charge in [-0.15, -0.1) is 11.6 Å². The van der Waals surface area contributed by atoms with Crippen LogP contribution in [0.25, 0.3) is 0 Å². The Hall–Kier alpha value is 0.270. The first-order valence-electron chi connectivity index (χ1n) is 5.91. The molecule has 0 bridgehead atoms. The Kier molecular flexibility index (Phi) is 5.19. The molecule has 1 aromatic carbocycles. The van der Waals surface area contributed by atoms with Crippen LogP contribution in [0.5, 0.6) is 5.75 Å². The molecule has 0 aliphatic heterocycles. The number of benzene rings is 1. The third-order valence-electron chi connectivity index (χ3n) is 3.05. The normalized spacial score (nSPS) is 17.1. The van der Waals surface area contributed by atoms with E-state index < -0.39 is 0 Å². The second-order valence-electron chi connectivity index (χ2n) is 4.40. The van der Waals surface area contributed by atoms with E-state index in [1.165, 1.54) is 19.3 Å². The average molecular weight is 383 g/mol. The van der Waals surface area contributed by atoms with E-state index in [1.54, 1.807) is 0 Å². The topological polar surface area (TPSA) is 9.23 Å². The van der Waals surface area contributed by atoms with Gasteiger partial charge < -0.3 is 4.74 Å². The Morgan fingerprint density at radius 1 is 1.12 bits per heavy atom. The van der Waals surface area contributed by atoms with Crippen LogP contribution >= 0.6 is 43.5 Å². The molecule has 1 aliphatic carbocycles. The Labute approximate surface area is 124 Å². The van der Waals surface area contributed by atoms with Crippen molar-refractivity contribution in [1.29, 1.82) is 0 Å². The highest BCUT2D eigenvalue weighted by Crippen LogP contribution is 2.37. The molecule has 0 amide bonds. The van der Waals surface area contributed by atoms with Gasteiger partial charge in [-0.2, -0.15) is 0 Å². The molecule has 0 radical (unpaired) electrons. The monoisotopic (exact) mass is 380 g/mol. The molecule has 2 rings (SSSR count). The van der Waals surface area contributed by atoms with Crippen molar-refractivity contribution in [3.05, 3.63) is 26.6 Å². The van der Waals surface area contributed by atoms with Gasteiger partial charge >= 0.3 is 0 Å². The lowest BCUT2D eigenvalue weighted by Crippen LogP contribution is -2.20. The summed E-state index contributed by atoms with van der Waals surface area (Å²) in [5.41, 5.74) is 1.08. The van der Waals surface area contributed by atoms with E-state index >= 15 is 0 Å². The van der Waals surface area contributed by atoms with Gasteiger partial charge in [0.2, 0.25) is 0 Å². The van der Waals surface area contributed by atoms with Crippen LogP contribution in [0.3, 0.4) is 0 Å². The lowest BCUT2D eigenvalue weighted by Gasteiger charge is -2.24. The van der Waals surface area contributed by atoms with Crippen molar-refractivity contribution in [3.63, 3.8) is 0 Å². The van der Waals surface area contributed by atoms with Crippen LogP contribution in [0.2, 0.25) is 0 Å². The molecule has 4 heteroatoms. The predicted molar refractivity (Wildman–Crippen MR) is 78.9 cm³/mol. The third-order valence-corrected chi connectivity index (χ3v) is 4.54. The molecule has 1 fully saturated rings. The van der Waals surface area contributed by atoms with Gasteiger partial charge in [-0.3, -0.25) is 0 Å². The standard InChI is InChI=1S/C13H15Br2ClO/c14-11-6-9(8-16)7-12(15)13(11)17-10-4-2-1-3-5-10/h6-7,10H,1-5,8H2.